The summed E-state index contributed by atoms with van der Waals surface area (Å²) in [4.78, 5) is 27.6. The van der Waals surface area contributed by atoms with E-state index in [1.54, 1.807) is 25.1 Å². The molecule has 0 fully saturated rings. The standard InChI is InChI=1S/C29H27ClF3NO7/c1-4-40-25(36)14-24-28(37)34(15-16-8-10-18(38-2)13-22(16)35)21-11-9-17(29(31,32)33)12-20(21)27(41-24)19-6-5-7-23(39-3)26(19)30/h5-13,24,27,35H,4,14-15H2,1-3H3. The molecule has 12 heteroatoms. The molecule has 0 spiro atoms. The zero-order valence-electron chi connectivity index (χ0n) is 22.3. The Morgan fingerprint density at radius 1 is 1.07 bits per heavy atom. The molecular formula is C29H27ClF3NO7. The number of ether oxygens (including phenoxy) is 4. The SMILES string of the molecule is CCOC(=O)CC1OC(c2cccc(OC)c2Cl)c2cc(C(F)(F)F)ccc2N(Cc2ccc(OC)cc2O)C1=O. The number of benzene rings is 3. The smallest absolute Gasteiger partial charge is 0.416 e. The molecular weight excluding hydrogens is 567 g/mol. The highest BCUT2D eigenvalue weighted by Gasteiger charge is 2.41. The van der Waals surface area contributed by atoms with Gasteiger partial charge in [-0.05, 0) is 43.3 Å². The van der Waals surface area contributed by atoms with E-state index >= 15 is 0 Å². The first-order valence-electron chi connectivity index (χ1n) is 12.5. The van der Waals surface area contributed by atoms with Crippen molar-refractivity contribution in [2.45, 2.75) is 38.3 Å². The highest BCUT2D eigenvalue weighted by atomic mass is 35.5. The Balaban J connectivity index is 1.94. The summed E-state index contributed by atoms with van der Waals surface area (Å²) in [6.07, 6.45) is -8.01. The highest BCUT2D eigenvalue weighted by molar-refractivity contribution is 6.33. The van der Waals surface area contributed by atoms with Crippen LogP contribution >= 0.6 is 11.6 Å². The molecule has 0 aliphatic carbocycles. The Morgan fingerprint density at radius 3 is 2.46 bits per heavy atom. The lowest BCUT2D eigenvalue weighted by molar-refractivity contribution is -0.151. The number of carbonyl (C=O) groups excluding carboxylic acids is 2. The number of halogens is 4. The third-order valence-electron chi connectivity index (χ3n) is 6.54. The van der Waals surface area contributed by atoms with Crippen LogP contribution in [-0.4, -0.2) is 43.9 Å². The summed E-state index contributed by atoms with van der Waals surface area (Å²) in [5.74, 6) is -1.07. The number of aromatic hydroxyl groups is 1. The minimum Gasteiger partial charge on any atom is -0.507 e. The molecule has 0 saturated carbocycles. The second kappa shape index (κ2) is 12.3. The number of rotatable bonds is 8. The van der Waals surface area contributed by atoms with Gasteiger partial charge in [0.15, 0.2) is 0 Å². The van der Waals surface area contributed by atoms with E-state index in [-0.39, 0.29) is 52.1 Å². The molecule has 0 radical (unpaired) electrons. The lowest BCUT2D eigenvalue weighted by atomic mass is 9.96. The number of hydrogen-bond donors (Lipinski definition) is 1. The molecule has 218 valence electrons. The normalized spacial score (nSPS) is 17.0. The molecule has 0 bridgehead atoms. The van der Waals surface area contributed by atoms with Crippen molar-refractivity contribution < 1.29 is 46.8 Å². The number of amides is 1. The van der Waals surface area contributed by atoms with Crippen LogP contribution in [0.25, 0.3) is 0 Å². The van der Waals surface area contributed by atoms with E-state index in [1.807, 2.05) is 0 Å². The largest absolute Gasteiger partial charge is 0.507 e. The highest BCUT2D eigenvalue weighted by Crippen LogP contribution is 2.45. The molecule has 2 atom stereocenters. The third-order valence-corrected chi connectivity index (χ3v) is 6.95. The number of carbonyl (C=O) groups is 2. The van der Waals surface area contributed by atoms with Gasteiger partial charge in [0.1, 0.15) is 29.5 Å². The molecule has 3 aromatic rings. The minimum atomic E-state index is -4.71. The van der Waals surface area contributed by atoms with E-state index in [2.05, 4.69) is 0 Å². The quantitative estimate of drug-likeness (QED) is 0.318. The fraction of sp³-hybridized carbons (Fsp3) is 0.310. The van der Waals surface area contributed by atoms with Crippen molar-refractivity contribution in [2.24, 2.45) is 0 Å². The first kappa shape index (κ1) is 30.0. The van der Waals surface area contributed by atoms with Gasteiger partial charge >= 0.3 is 12.1 Å². The Morgan fingerprint density at radius 2 is 1.83 bits per heavy atom. The number of anilines is 1. The number of fused-ring (bicyclic) bond motifs is 1. The number of phenolic OH excluding ortho intramolecular Hbond substituents is 1. The van der Waals surface area contributed by atoms with Crippen LogP contribution in [0.4, 0.5) is 18.9 Å². The molecule has 1 amide bonds. The van der Waals surface area contributed by atoms with Crippen LogP contribution in [0.2, 0.25) is 5.02 Å². The average molecular weight is 594 g/mol. The lowest BCUT2D eigenvalue weighted by Crippen LogP contribution is -2.40. The van der Waals surface area contributed by atoms with Gasteiger partial charge in [0.2, 0.25) is 0 Å². The van der Waals surface area contributed by atoms with Crippen molar-refractivity contribution in [1.82, 2.24) is 0 Å². The molecule has 41 heavy (non-hydrogen) atoms. The van der Waals surface area contributed by atoms with Crippen LogP contribution in [0.1, 0.15) is 41.7 Å². The summed E-state index contributed by atoms with van der Waals surface area (Å²) >= 11 is 6.58. The molecule has 3 aromatic carbocycles. The second-order valence-electron chi connectivity index (χ2n) is 9.07. The summed E-state index contributed by atoms with van der Waals surface area (Å²) < 4.78 is 63.3. The number of nitrogens with zero attached hydrogens (tertiary/aromatic N) is 1. The fourth-order valence-electron chi connectivity index (χ4n) is 4.55. The molecule has 1 heterocycles. The predicted octanol–water partition coefficient (Wildman–Crippen LogP) is 6.06. The van der Waals surface area contributed by atoms with E-state index in [9.17, 15) is 27.9 Å². The lowest BCUT2D eigenvalue weighted by Gasteiger charge is -2.26. The third kappa shape index (κ3) is 6.36. The molecule has 4 rings (SSSR count). The van der Waals surface area contributed by atoms with E-state index in [1.165, 1.54) is 37.3 Å². The fourth-order valence-corrected chi connectivity index (χ4v) is 4.85. The van der Waals surface area contributed by atoms with Crippen LogP contribution in [0.5, 0.6) is 17.2 Å². The number of phenols is 1. The number of esters is 1. The molecule has 1 aliphatic rings. The van der Waals surface area contributed by atoms with Gasteiger partial charge in [0.05, 0.1) is 50.1 Å². The van der Waals surface area contributed by atoms with Crippen molar-refractivity contribution in [3.05, 3.63) is 81.9 Å². The molecule has 1 N–H and O–H groups in total. The van der Waals surface area contributed by atoms with Gasteiger partial charge in [-0.2, -0.15) is 13.2 Å². The maximum atomic E-state index is 14.0. The van der Waals surface area contributed by atoms with Gasteiger partial charge < -0.3 is 29.0 Å². The average Bonchev–Trinajstić information content (AvgIpc) is 3.04. The molecule has 0 saturated heterocycles. The Kier molecular flexibility index (Phi) is 8.98. The van der Waals surface area contributed by atoms with Gasteiger partial charge in [-0.3, -0.25) is 9.59 Å². The second-order valence-corrected chi connectivity index (χ2v) is 9.45. The summed E-state index contributed by atoms with van der Waals surface area (Å²) in [7, 11) is 2.80. The van der Waals surface area contributed by atoms with Gasteiger partial charge in [-0.1, -0.05) is 23.7 Å². The minimum absolute atomic E-state index is 0.0253. The molecule has 0 aromatic heterocycles. The summed E-state index contributed by atoms with van der Waals surface area (Å²) in [5, 5.41) is 10.7. The topological polar surface area (TPSA) is 94.5 Å². The van der Waals surface area contributed by atoms with Crippen LogP contribution < -0.4 is 14.4 Å². The zero-order chi connectivity index (χ0) is 29.9. The van der Waals surface area contributed by atoms with Gasteiger partial charge in [-0.25, -0.2) is 0 Å². The monoisotopic (exact) mass is 593 g/mol. The number of alkyl halides is 3. The molecule has 1 aliphatic heterocycles. The van der Waals surface area contributed by atoms with Crippen molar-refractivity contribution in [3.63, 3.8) is 0 Å². The molecule has 8 nitrogen and oxygen atoms in total. The van der Waals surface area contributed by atoms with Gasteiger partial charge in [0, 0.05) is 22.8 Å². The van der Waals surface area contributed by atoms with Gasteiger partial charge in [0.25, 0.3) is 5.91 Å². The first-order valence-corrected chi connectivity index (χ1v) is 12.9. The maximum absolute atomic E-state index is 14.0. The number of methoxy groups -OCH3 is 2. The van der Waals surface area contributed by atoms with Crippen molar-refractivity contribution >= 4 is 29.2 Å². The summed E-state index contributed by atoms with van der Waals surface area (Å²) in [6.45, 7) is 1.39. The van der Waals surface area contributed by atoms with Gasteiger partial charge in [-0.15, -0.1) is 0 Å². The predicted molar refractivity (Wildman–Crippen MR) is 143 cm³/mol. The first-order chi connectivity index (χ1) is 19.5. The van der Waals surface area contributed by atoms with Crippen LogP contribution in [-0.2, 0) is 31.8 Å². The maximum Gasteiger partial charge on any atom is 0.416 e. The van der Waals surface area contributed by atoms with Crippen molar-refractivity contribution in [2.75, 3.05) is 25.7 Å². The van der Waals surface area contributed by atoms with E-state index in [0.29, 0.717) is 5.75 Å². The summed E-state index contributed by atoms with van der Waals surface area (Å²) in [5.41, 5.74) is -0.427. The Bertz CT molecular complexity index is 1450. The Labute approximate surface area is 239 Å². The van der Waals surface area contributed by atoms with Crippen LogP contribution in [0.3, 0.4) is 0 Å². The zero-order valence-corrected chi connectivity index (χ0v) is 23.1. The summed E-state index contributed by atoms with van der Waals surface area (Å²) in [6, 6.07) is 12.0. The van der Waals surface area contributed by atoms with E-state index < -0.39 is 42.2 Å². The van der Waals surface area contributed by atoms with Crippen LogP contribution in [0.15, 0.2) is 54.6 Å². The Hall–Kier alpha value is -3.96. The van der Waals surface area contributed by atoms with E-state index in [4.69, 9.17) is 30.5 Å². The van der Waals surface area contributed by atoms with Crippen molar-refractivity contribution in [1.29, 1.82) is 0 Å². The van der Waals surface area contributed by atoms with Crippen molar-refractivity contribution in [3.8, 4) is 17.2 Å². The number of hydrogen-bond acceptors (Lipinski definition) is 7. The van der Waals surface area contributed by atoms with Crippen LogP contribution in [0, 0.1) is 0 Å². The molecule has 2 unspecified atom stereocenters. The van der Waals surface area contributed by atoms with E-state index in [0.717, 1.165) is 18.2 Å².